The Morgan fingerprint density at radius 3 is 1.41 bits per heavy atom. The molecule has 0 aromatic heterocycles. The van der Waals surface area contributed by atoms with Crippen LogP contribution in [-0.2, 0) is 44.9 Å². The number of fused-ring (bicyclic) bond motifs is 3. The van der Waals surface area contributed by atoms with E-state index in [0.717, 1.165) is 88.2 Å². The molecule has 0 saturated carbocycles. The molecule has 69 heavy (non-hydrogen) atoms. The zero-order valence-corrected chi connectivity index (χ0v) is 48.0. The van der Waals surface area contributed by atoms with Gasteiger partial charge in [0.25, 0.3) is 0 Å². The maximum Gasteiger partial charge on any atom is 0.163 e. The minimum Gasteiger partial charge on any atom is -0.376 e. The van der Waals surface area contributed by atoms with Gasteiger partial charge >= 0.3 is 0 Å². The maximum absolute atomic E-state index is 6.01. The molecular formula is C60H107N5O4. The summed E-state index contributed by atoms with van der Waals surface area (Å²) in [6.45, 7) is 39.7. The first-order valence-corrected chi connectivity index (χ1v) is 27.6. The minimum atomic E-state index is -0.383. The minimum absolute atomic E-state index is 0.0343. The maximum atomic E-state index is 6.01. The van der Waals surface area contributed by atoms with Crippen LogP contribution in [0.2, 0.25) is 0 Å². The van der Waals surface area contributed by atoms with Crippen molar-refractivity contribution in [2.75, 3.05) is 74.6 Å². The summed E-state index contributed by atoms with van der Waals surface area (Å²) in [6, 6.07) is 19.7. The first kappa shape index (κ1) is 59.6. The molecule has 9 heteroatoms. The van der Waals surface area contributed by atoms with Gasteiger partial charge in [-0.25, -0.2) is 0 Å². The molecule has 0 bridgehead atoms. The van der Waals surface area contributed by atoms with Crippen molar-refractivity contribution in [3.05, 3.63) is 70.8 Å². The highest BCUT2D eigenvalue weighted by molar-refractivity contribution is 5.31. The predicted octanol–water partition coefficient (Wildman–Crippen LogP) is 11.5. The molecule has 3 unspecified atom stereocenters. The Morgan fingerprint density at radius 2 is 0.957 bits per heavy atom. The second kappa shape index (κ2) is 27.9. The van der Waals surface area contributed by atoms with Crippen LogP contribution in [0.3, 0.4) is 0 Å². The van der Waals surface area contributed by atoms with Gasteiger partial charge in [-0.2, -0.15) is 0 Å². The van der Waals surface area contributed by atoms with Gasteiger partial charge in [0, 0.05) is 63.9 Å². The molecule has 8 rings (SSSR count). The van der Waals surface area contributed by atoms with Crippen LogP contribution in [0.5, 0.6) is 0 Å². The molecule has 4 saturated heterocycles. The molecule has 4 fully saturated rings. The first-order chi connectivity index (χ1) is 32.3. The van der Waals surface area contributed by atoms with Crippen molar-refractivity contribution in [2.45, 2.75) is 209 Å². The smallest absolute Gasteiger partial charge is 0.163 e. The Hall–Kier alpha value is -1.92. The van der Waals surface area contributed by atoms with E-state index >= 15 is 0 Å². The van der Waals surface area contributed by atoms with Crippen LogP contribution in [0.4, 0.5) is 0 Å². The van der Waals surface area contributed by atoms with Crippen LogP contribution in [0.1, 0.15) is 151 Å². The van der Waals surface area contributed by atoms with Crippen LogP contribution in [0.15, 0.2) is 48.5 Å². The van der Waals surface area contributed by atoms with Gasteiger partial charge in [0.05, 0.1) is 24.4 Å². The third kappa shape index (κ3) is 20.8. The number of nitrogens with zero attached hydrogens (tertiary/aromatic N) is 5. The molecular weight excluding hydrogens is 855 g/mol. The number of likely N-dealkylation sites (N-methyl/N-ethyl adjacent to an activating group) is 5. The largest absolute Gasteiger partial charge is 0.376 e. The lowest BCUT2D eigenvalue weighted by molar-refractivity contribution is -0.160. The van der Waals surface area contributed by atoms with Crippen molar-refractivity contribution in [3.63, 3.8) is 0 Å². The lowest BCUT2D eigenvalue weighted by atomic mass is 9.90. The van der Waals surface area contributed by atoms with Crippen molar-refractivity contribution in [3.8, 4) is 0 Å². The summed E-state index contributed by atoms with van der Waals surface area (Å²) in [4.78, 5) is 12.1. The second-order valence-corrected chi connectivity index (χ2v) is 25.3. The quantitative estimate of drug-likeness (QED) is 0.232. The Bertz CT molecular complexity index is 1680. The molecule has 396 valence electrons. The number of hydrogen-bond acceptors (Lipinski definition) is 9. The molecule has 2 aromatic rings. The van der Waals surface area contributed by atoms with Crippen LogP contribution in [0.25, 0.3) is 0 Å². The topological polar surface area (TPSA) is 53.1 Å². The molecule has 6 aliphatic heterocycles. The van der Waals surface area contributed by atoms with Gasteiger partial charge in [-0.15, -0.1) is 0 Å². The fourth-order valence-electron chi connectivity index (χ4n) is 11.6. The van der Waals surface area contributed by atoms with Gasteiger partial charge in [0.2, 0.25) is 0 Å². The third-order valence-electron chi connectivity index (χ3n) is 14.5. The number of morpholine rings is 2. The number of benzene rings is 2. The van der Waals surface area contributed by atoms with Gasteiger partial charge < -0.3 is 28.7 Å². The van der Waals surface area contributed by atoms with Crippen LogP contribution in [-0.4, -0.2) is 153 Å². The summed E-state index contributed by atoms with van der Waals surface area (Å²) in [5.41, 5.74) is 6.18. The molecule has 7 atom stereocenters. The monoisotopic (exact) mass is 962 g/mol. The van der Waals surface area contributed by atoms with Gasteiger partial charge in [-0.3, -0.25) is 14.7 Å². The summed E-state index contributed by atoms with van der Waals surface area (Å²) in [7, 11) is 11.0. The molecule has 0 spiro atoms. The molecule has 0 aliphatic carbocycles. The van der Waals surface area contributed by atoms with E-state index in [1.54, 1.807) is 11.1 Å². The lowest BCUT2D eigenvalue weighted by Crippen LogP contribution is -2.51. The van der Waals surface area contributed by atoms with Crippen LogP contribution >= 0.6 is 0 Å². The van der Waals surface area contributed by atoms with Crippen LogP contribution < -0.4 is 0 Å². The van der Waals surface area contributed by atoms with Crippen molar-refractivity contribution in [2.24, 2.45) is 29.6 Å². The Labute approximate surface area is 425 Å². The van der Waals surface area contributed by atoms with E-state index in [1.807, 2.05) is 13.8 Å². The van der Waals surface area contributed by atoms with Crippen molar-refractivity contribution in [1.82, 2.24) is 24.5 Å². The van der Waals surface area contributed by atoms with Gasteiger partial charge in [0.15, 0.2) is 5.79 Å². The molecule has 0 N–H and O–H groups in total. The zero-order valence-electron chi connectivity index (χ0n) is 48.0. The van der Waals surface area contributed by atoms with Crippen LogP contribution in [0, 0.1) is 29.6 Å². The molecule has 0 amide bonds. The van der Waals surface area contributed by atoms with E-state index in [9.17, 15) is 0 Å². The van der Waals surface area contributed by atoms with Gasteiger partial charge in [0.1, 0.15) is 12.2 Å². The fourth-order valence-corrected chi connectivity index (χ4v) is 11.6. The van der Waals surface area contributed by atoms with E-state index in [1.165, 1.54) is 56.1 Å². The van der Waals surface area contributed by atoms with Gasteiger partial charge in [-0.1, -0.05) is 118 Å². The first-order valence-electron chi connectivity index (χ1n) is 27.6. The molecule has 6 aliphatic rings. The lowest BCUT2D eigenvalue weighted by Gasteiger charge is -2.41. The Balaban J connectivity index is 0.000000189. The molecule has 6 heterocycles. The van der Waals surface area contributed by atoms with E-state index in [4.69, 9.17) is 18.9 Å². The zero-order chi connectivity index (χ0) is 51.2. The standard InChI is InChI=1S/2C14H21N.C12H23NO2.C11H23NO.C9H19NO/c2*1-11(2)8-14-9-12-6-4-5-7-13(12)10-15(14)3;1-8(2)6-9-11-10(7-13(9)5)14-12(3,4)15-11;1-9(2)6-10-7-12(5)8-11(3,4)13-10;1-8(2)6-9-7-10(3)4-5-11-9/h2*4-7,11,14H,8-10H2,1-3H3;8-11H,6-7H2,1-5H3;9-10H,6-8H2,1-5H3;8-9H,4-7H2,1-3H3/t2*14-;;10-;9-/m10.00/s1. The fraction of sp³-hybridized carbons (Fsp3) is 0.800. The highest BCUT2D eigenvalue weighted by Gasteiger charge is 2.51. The summed E-state index contributed by atoms with van der Waals surface area (Å²) in [5.74, 6) is 3.40. The van der Waals surface area contributed by atoms with E-state index in [0.29, 0.717) is 24.2 Å². The summed E-state index contributed by atoms with van der Waals surface area (Å²) >= 11 is 0. The van der Waals surface area contributed by atoms with Gasteiger partial charge in [-0.05, 0) is 160 Å². The molecule has 2 aromatic carbocycles. The summed E-state index contributed by atoms with van der Waals surface area (Å²) < 4.78 is 23.5. The van der Waals surface area contributed by atoms with Crippen molar-refractivity contribution >= 4 is 0 Å². The number of rotatable bonds is 10. The highest BCUT2D eigenvalue weighted by atomic mass is 16.8. The molecule has 0 radical (unpaired) electrons. The van der Waals surface area contributed by atoms with E-state index in [2.05, 4.69) is 191 Å². The number of hydrogen-bond donors (Lipinski definition) is 0. The second-order valence-electron chi connectivity index (χ2n) is 25.3. The SMILES string of the molecule is CC(C)CC1C2OC(C)(C)OC2CN1C.CC(C)C[C@@H]1Cc2ccccc2CN1C.CC(C)C[C@H]1CN(C)CC(C)(C)O1.CC(C)C[C@H]1CN(C)CCO1.CC(C)C[C@H]1Cc2ccccc2CN1C. The Morgan fingerprint density at radius 1 is 0.507 bits per heavy atom. The number of likely N-dealkylation sites (tertiary alicyclic amines) is 1. The number of ether oxygens (including phenoxy) is 4. The van der Waals surface area contributed by atoms with Crippen molar-refractivity contribution in [1.29, 1.82) is 0 Å². The van der Waals surface area contributed by atoms with Crippen molar-refractivity contribution < 1.29 is 18.9 Å². The summed E-state index contributed by atoms with van der Waals surface area (Å²) in [5, 5.41) is 0. The average molecular weight is 963 g/mol. The third-order valence-corrected chi connectivity index (χ3v) is 14.5. The average Bonchev–Trinajstić information content (AvgIpc) is 3.66. The van der Waals surface area contributed by atoms with E-state index < -0.39 is 0 Å². The Kier molecular flexibility index (Phi) is 24.2. The normalized spacial score (nSPS) is 28.1. The van der Waals surface area contributed by atoms with E-state index in [-0.39, 0.29) is 23.6 Å². The predicted molar refractivity (Wildman–Crippen MR) is 292 cm³/mol. The molecule has 9 nitrogen and oxygen atoms in total. The summed E-state index contributed by atoms with van der Waals surface area (Å²) in [6.07, 6.45) is 10.1. The highest BCUT2D eigenvalue weighted by Crippen LogP contribution is 2.38.